The molecule has 0 unspecified atom stereocenters. The van der Waals surface area contributed by atoms with Gasteiger partial charge in [-0.1, -0.05) is 23.8 Å². The van der Waals surface area contributed by atoms with Crippen molar-refractivity contribution in [2.24, 2.45) is 0 Å². The summed E-state index contributed by atoms with van der Waals surface area (Å²) in [6.07, 6.45) is 0.0960. The molecule has 7 heteroatoms. The minimum atomic E-state index is -0.464. The topological polar surface area (TPSA) is 79.5 Å². The number of aryl methyl sites for hydroxylation is 1. The number of nitrogens with one attached hydrogen (secondary N) is 3. The molecule has 0 radical (unpaired) electrons. The van der Waals surface area contributed by atoms with Crippen LogP contribution in [0.2, 0.25) is 0 Å². The van der Waals surface area contributed by atoms with Crippen molar-refractivity contribution in [3.63, 3.8) is 0 Å². The zero-order valence-corrected chi connectivity index (χ0v) is 15.2. The first-order chi connectivity index (χ1) is 13.0. The van der Waals surface area contributed by atoms with E-state index in [0.29, 0.717) is 17.0 Å². The van der Waals surface area contributed by atoms with Crippen LogP contribution in [0.3, 0.4) is 0 Å². The Morgan fingerprint density at radius 3 is 2.63 bits per heavy atom. The number of ether oxygens (including phenoxy) is 1. The number of piperidine rings is 1. The Hall–Kier alpha value is -3.09. The molecule has 3 amide bonds. The van der Waals surface area contributed by atoms with Crippen LogP contribution in [0.15, 0.2) is 42.5 Å². The zero-order valence-electron chi connectivity index (χ0n) is 15.2. The van der Waals surface area contributed by atoms with Crippen LogP contribution in [-0.2, 0) is 4.79 Å². The molecule has 1 aliphatic heterocycles. The van der Waals surface area contributed by atoms with Crippen molar-refractivity contribution in [3.8, 4) is 5.75 Å². The number of amides is 3. The summed E-state index contributed by atoms with van der Waals surface area (Å²) in [5, 5.41) is 8.32. The molecule has 2 aromatic carbocycles. The monoisotopic (exact) mass is 371 g/mol. The molecule has 0 aliphatic carbocycles. The van der Waals surface area contributed by atoms with Crippen LogP contribution in [0.4, 0.5) is 14.9 Å². The zero-order chi connectivity index (χ0) is 19.4. The van der Waals surface area contributed by atoms with Gasteiger partial charge in [0, 0.05) is 30.6 Å². The van der Waals surface area contributed by atoms with Crippen LogP contribution >= 0.6 is 0 Å². The summed E-state index contributed by atoms with van der Waals surface area (Å²) < 4.78 is 19.5. The van der Waals surface area contributed by atoms with Gasteiger partial charge in [-0.2, -0.15) is 0 Å². The molecule has 142 valence electrons. The molecular weight excluding hydrogens is 349 g/mol. The first kappa shape index (κ1) is 18.7. The molecule has 6 nitrogen and oxygen atoms in total. The summed E-state index contributed by atoms with van der Waals surface area (Å²) in [6.45, 7) is 2.19. The minimum Gasteiger partial charge on any atom is -0.497 e. The third-order valence-corrected chi connectivity index (χ3v) is 4.64. The van der Waals surface area contributed by atoms with Crippen LogP contribution in [-0.4, -0.2) is 31.6 Å². The Balaban J connectivity index is 1.74. The van der Waals surface area contributed by atoms with E-state index in [9.17, 15) is 14.0 Å². The summed E-state index contributed by atoms with van der Waals surface area (Å²) >= 11 is 0. The van der Waals surface area contributed by atoms with Gasteiger partial charge in [-0.15, -0.1) is 0 Å². The van der Waals surface area contributed by atoms with E-state index < -0.39 is 23.8 Å². The number of halogens is 1. The lowest BCUT2D eigenvalue weighted by atomic mass is 9.85. The Morgan fingerprint density at radius 2 is 1.96 bits per heavy atom. The van der Waals surface area contributed by atoms with Crippen LogP contribution in [0.1, 0.15) is 23.5 Å². The fourth-order valence-corrected chi connectivity index (χ4v) is 3.17. The fourth-order valence-electron chi connectivity index (χ4n) is 3.17. The van der Waals surface area contributed by atoms with Gasteiger partial charge in [0.2, 0.25) is 5.91 Å². The van der Waals surface area contributed by atoms with Crippen molar-refractivity contribution in [1.29, 1.82) is 0 Å². The average molecular weight is 371 g/mol. The second kappa shape index (κ2) is 8.07. The molecule has 3 rings (SSSR count). The number of anilines is 1. The summed E-state index contributed by atoms with van der Waals surface area (Å²) in [6, 6.07) is 11.1. The Kier molecular flexibility index (Phi) is 5.59. The molecule has 3 N–H and O–H groups in total. The highest BCUT2D eigenvalue weighted by Gasteiger charge is 2.33. The number of carbonyl (C=O) groups is 2. The van der Waals surface area contributed by atoms with E-state index in [0.717, 1.165) is 5.56 Å². The van der Waals surface area contributed by atoms with Crippen molar-refractivity contribution in [2.75, 3.05) is 19.0 Å². The van der Waals surface area contributed by atoms with Gasteiger partial charge >= 0.3 is 6.03 Å². The van der Waals surface area contributed by atoms with Gasteiger partial charge in [0.05, 0.1) is 13.2 Å². The normalized spacial score (nSPS) is 19.1. The van der Waals surface area contributed by atoms with Crippen molar-refractivity contribution < 1.29 is 18.7 Å². The maximum absolute atomic E-state index is 14.5. The molecule has 0 bridgehead atoms. The predicted molar refractivity (Wildman–Crippen MR) is 100 cm³/mol. The fraction of sp³-hybridized carbons (Fsp3) is 0.300. The van der Waals surface area contributed by atoms with Crippen LogP contribution in [0.25, 0.3) is 0 Å². The van der Waals surface area contributed by atoms with Crippen molar-refractivity contribution >= 4 is 17.6 Å². The SMILES string of the molecule is COc1ccc([C@@H]2CC(=O)NC[C@H]2NC(=O)Nc2ccc(C)cc2)c(F)c1. The lowest BCUT2D eigenvalue weighted by molar-refractivity contribution is -0.123. The number of urea groups is 1. The third kappa shape index (κ3) is 4.55. The standard InChI is InChI=1S/C20H22FN3O3/c1-12-3-5-13(6-4-12)23-20(26)24-18-11-22-19(25)10-16(18)15-8-7-14(27-2)9-17(15)21/h3-9,16,18H,10-11H2,1-2H3,(H,22,25)(H2,23,24,26)/t16-,18+/m0/s1. The summed E-state index contributed by atoms with van der Waals surface area (Å²) in [5.41, 5.74) is 2.13. The molecule has 1 saturated heterocycles. The molecule has 2 aromatic rings. The number of hydrogen-bond donors (Lipinski definition) is 3. The van der Waals surface area contributed by atoms with Crippen LogP contribution < -0.4 is 20.7 Å². The Labute approximate surface area is 157 Å². The first-order valence-corrected chi connectivity index (χ1v) is 8.70. The van der Waals surface area contributed by atoms with E-state index in [4.69, 9.17) is 4.74 Å². The predicted octanol–water partition coefficient (Wildman–Crippen LogP) is 2.94. The van der Waals surface area contributed by atoms with E-state index in [-0.39, 0.29) is 18.9 Å². The van der Waals surface area contributed by atoms with Crippen molar-refractivity contribution in [3.05, 3.63) is 59.4 Å². The molecule has 1 fully saturated rings. The molecule has 1 heterocycles. The maximum Gasteiger partial charge on any atom is 0.319 e. The number of hydrogen-bond acceptors (Lipinski definition) is 3. The summed E-state index contributed by atoms with van der Waals surface area (Å²) in [5.74, 6) is -0.696. The highest BCUT2D eigenvalue weighted by molar-refractivity contribution is 5.90. The maximum atomic E-state index is 14.5. The molecule has 1 aliphatic rings. The second-order valence-electron chi connectivity index (χ2n) is 6.57. The van der Waals surface area contributed by atoms with Gasteiger partial charge in [0.1, 0.15) is 11.6 Å². The van der Waals surface area contributed by atoms with Gasteiger partial charge in [-0.3, -0.25) is 4.79 Å². The van der Waals surface area contributed by atoms with E-state index in [1.54, 1.807) is 24.3 Å². The minimum absolute atomic E-state index is 0.0960. The van der Waals surface area contributed by atoms with E-state index in [1.165, 1.54) is 13.2 Å². The Bertz CT molecular complexity index is 839. The number of benzene rings is 2. The molecule has 2 atom stereocenters. The van der Waals surface area contributed by atoms with E-state index >= 15 is 0 Å². The highest BCUT2D eigenvalue weighted by Crippen LogP contribution is 2.30. The average Bonchev–Trinajstić information content (AvgIpc) is 2.65. The number of carbonyl (C=O) groups excluding carboxylic acids is 2. The second-order valence-corrected chi connectivity index (χ2v) is 6.57. The smallest absolute Gasteiger partial charge is 0.319 e. The summed E-state index contributed by atoms with van der Waals surface area (Å²) in [4.78, 5) is 24.2. The first-order valence-electron chi connectivity index (χ1n) is 8.70. The van der Waals surface area contributed by atoms with Gasteiger partial charge in [-0.05, 0) is 30.7 Å². The van der Waals surface area contributed by atoms with Gasteiger partial charge in [0.25, 0.3) is 0 Å². The number of methoxy groups -OCH3 is 1. The molecule has 0 spiro atoms. The van der Waals surface area contributed by atoms with E-state index in [1.807, 2.05) is 19.1 Å². The van der Waals surface area contributed by atoms with Gasteiger partial charge < -0.3 is 20.7 Å². The quantitative estimate of drug-likeness (QED) is 0.773. The largest absolute Gasteiger partial charge is 0.497 e. The van der Waals surface area contributed by atoms with E-state index in [2.05, 4.69) is 16.0 Å². The lowest BCUT2D eigenvalue weighted by Gasteiger charge is -2.32. The van der Waals surface area contributed by atoms with Crippen LogP contribution in [0, 0.1) is 12.7 Å². The van der Waals surface area contributed by atoms with Crippen LogP contribution in [0.5, 0.6) is 5.75 Å². The summed E-state index contributed by atoms with van der Waals surface area (Å²) in [7, 11) is 1.46. The lowest BCUT2D eigenvalue weighted by Crippen LogP contribution is -2.53. The third-order valence-electron chi connectivity index (χ3n) is 4.64. The molecule has 0 aromatic heterocycles. The van der Waals surface area contributed by atoms with Gasteiger partial charge in [-0.25, -0.2) is 9.18 Å². The van der Waals surface area contributed by atoms with Crippen molar-refractivity contribution in [1.82, 2.24) is 10.6 Å². The molecule has 27 heavy (non-hydrogen) atoms. The molecular formula is C20H22FN3O3. The Morgan fingerprint density at radius 1 is 1.22 bits per heavy atom. The highest BCUT2D eigenvalue weighted by atomic mass is 19.1. The van der Waals surface area contributed by atoms with Crippen molar-refractivity contribution in [2.45, 2.75) is 25.3 Å². The number of rotatable bonds is 4. The van der Waals surface area contributed by atoms with Gasteiger partial charge in [0.15, 0.2) is 0 Å². The molecule has 0 saturated carbocycles.